The fourth-order valence-electron chi connectivity index (χ4n) is 1.89. The molecular formula is C13H15ClFN3. The second-order valence-electron chi connectivity index (χ2n) is 4.22. The Morgan fingerprint density at radius 1 is 1.50 bits per heavy atom. The van der Waals surface area contributed by atoms with Gasteiger partial charge in [-0.25, -0.2) is 9.37 Å². The minimum Gasteiger partial charge on any atom is -0.340 e. The number of benzene rings is 1. The van der Waals surface area contributed by atoms with Gasteiger partial charge in [-0.15, -0.1) is 0 Å². The number of imidazole rings is 1. The fraction of sp³-hybridized carbons (Fsp3) is 0.308. The van der Waals surface area contributed by atoms with Crippen LogP contribution in [-0.2, 0) is 13.5 Å². The molecule has 2 aromatic rings. The summed E-state index contributed by atoms with van der Waals surface area (Å²) in [5.41, 5.74) is 1.48. The van der Waals surface area contributed by atoms with E-state index < -0.39 is 0 Å². The Balaban J connectivity index is 2.23. The Hall–Kier alpha value is -1.39. The second-order valence-corrected chi connectivity index (χ2v) is 4.63. The van der Waals surface area contributed by atoms with Crippen molar-refractivity contribution in [2.45, 2.75) is 12.5 Å². The first kappa shape index (κ1) is 13.1. The van der Waals surface area contributed by atoms with Crippen molar-refractivity contribution in [3.8, 4) is 0 Å². The molecule has 0 saturated carbocycles. The molecule has 0 spiro atoms. The van der Waals surface area contributed by atoms with E-state index in [0.29, 0.717) is 12.0 Å². The third kappa shape index (κ3) is 2.71. The SMILES string of the molecule is CNC(Cc1cccc(Cl)c1F)c1cn(C)cn1. The fourth-order valence-corrected chi connectivity index (χ4v) is 2.09. The van der Waals surface area contributed by atoms with Gasteiger partial charge in [-0.1, -0.05) is 23.7 Å². The molecular weight excluding hydrogens is 253 g/mol. The number of aryl methyl sites for hydroxylation is 1. The smallest absolute Gasteiger partial charge is 0.145 e. The van der Waals surface area contributed by atoms with Gasteiger partial charge in [0, 0.05) is 13.2 Å². The van der Waals surface area contributed by atoms with Crippen LogP contribution in [0.1, 0.15) is 17.3 Å². The minimum absolute atomic E-state index is 0.0285. The summed E-state index contributed by atoms with van der Waals surface area (Å²) in [6.07, 6.45) is 4.16. The zero-order valence-electron chi connectivity index (χ0n) is 10.3. The summed E-state index contributed by atoms with van der Waals surface area (Å²) >= 11 is 5.78. The zero-order chi connectivity index (χ0) is 13.1. The summed E-state index contributed by atoms with van der Waals surface area (Å²) in [6.45, 7) is 0. The predicted molar refractivity (Wildman–Crippen MR) is 70.1 cm³/mol. The molecule has 0 aliphatic heterocycles. The van der Waals surface area contributed by atoms with Crippen molar-refractivity contribution < 1.29 is 4.39 Å². The molecule has 1 heterocycles. The molecule has 0 bridgehead atoms. The molecule has 5 heteroatoms. The van der Waals surface area contributed by atoms with Crippen LogP contribution >= 0.6 is 11.6 Å². The minimum atomic E-state index is -0.352. The average Bonchev–Trinajstić information content (AvgIpc) is 2.78. The van der Waals surface area contributed by atoms with Crippen molar-refractivity contribution in [3.63, 3.8) is 0 Å². The number of nitrogens with zero attached hydrogens (tertiary/aromatic N) is 2. The van der Waals surface area contributed by atoms with Crippen LogP contribution in [0.2, 0.25) is 5.02 Å². The van der Waals surface area contributed by atoms with Crippen molar-refractivity contribution >= 4 is 11.6 Å². The Morgan fingerprint density at radius 2 is 2.28 bits per heavy atom. The predicted octanol–water partition coefficient (Wildman–Crippen LogP) is 2.72. The molecule has 18 heavy (non-hydrogen) atoms. The van der Waals surface area contributed by atoms with Crippen molar-refractivity contribution in [2.24, 2.45) is 7.05 Å². The van der Waals surface area contributed by atoms with E-state index in [1.54, 1.807) is 24.5 Å². The third-order valence-corrected chi connectivity index (χ3v) is 3.18. The lowest BCUT2D eigenvalue weighted by Crippen LogP contribution is -2.19. The van der Waals surface area contributed by atoms with Crippen LogP contribution in [0.4, 0.5) is 4.39 Å². The summed E-state index contributed by atoms with van der Waals surface area (Å²) in [5.74, 6) is -0.352. The van der Waals surface area contributed by atoms with E-state index in [1.807, 2.05) is 24.9 Å². The van der Waals surface area contributed by atoms with Gasteiger partial charge >= 0.3 is 0 Å². The highest BCUT2D eigenvalue weighted by Gasteiger charge is 2.16. The maximum atomic E-state index is 13.8. The van der Waals surface area contributed by atoms with E-state index in [0.717, 1.165) is 5.69 Å². The van der Waals surface area contributed by atoms with Crippen LogP contribution in [0, 0.1) is 5.82 Å². The molecule has 3 nitrogen and oxygen atoms in total. The molecule has 2 rings (SSSR count). The number of aromatic nitrogens is 2. The van der Waals surface area contributed by atoms with E-state index in [1.165, 1.54) is 0 Å². The van der Waals surface area contributed by atoms with Gasteiger partial charge in [-0.05, 0) is 25.1 Å². The molecule has 1 aromatic carbocycles. The lowest BCUT2D eigenvalue weighted by atomic mass is 10.0. The highest BCUT2D eigenvalue weighted by atomic mass is 35.5. The molecule has 0 aliphatic carbocycles. The summed E-state index contributed by atoms with van der Waals surface area (Å²) in [7, 11) is 3.74. The van der Waals surface area contributed by atoms with Crippen molar-refractivity contribution in [1.29, 1.82) is 0 Å². The maximum absolute atomic E-state index is 13.8. The van der Waals surface area contributed by atoms with E-state index in [-0.39, 0.29) is 16.9 Å². The van der Waals surface area contributed by atoms with Crippen LogP contribution in [0.15, 0.2) is 30.7 Å². The van der Waals surface area contributed by atoms with Crippen molar-refractivity contribution in [2.75, 3.05) is 7.05 Å². The van der Waals surface area contributed by atoms with Crippen LogP contribution in [-0.4, -0.2) is 16.6 Å². The van der Waals surface area contributed by atoms with Gasteiger partial charge in [0.15, 0.2) is 0 Å². The van der Waals surface area contributed by atoms with Gasteiger partial charge in [0.2, 0.25) is 0 Å². The Labute approximate surface area is 111 Å². The van der Waals surface area contributed by atoms with E-state index in [2.05, 4.69) is 10.3 Å². The van der Waals surface area contributed by atoms with Crippen LogP contribution < -0.4 is 5.32 Å². The van der Waals surface area contributed by atoms with Gasteiger partial charge in [0.05, 0.1) is 23.1 Å². The molecule has 96 valence electrons. The lowest BCUT2D eigenvalue weighted by molar-refractivity contribution is 0.546. The Kier molecular flexibility index (Phi) is 3.99. The first-order chi connectivity index (χ1) is 8.61. The van der Waals surface area contributed by atoms with E-state index in [9.17, 15) is 4.39 Å². The molecule has 1 N–H and O–H groups in total. The standard InChI is InChI=1S/C13H15ClFN3/c1-16-11(12-7-18(2)8-17-12)6-9-4-3-5-10(14)13(9)15/h3-5,7-8,11,16H,6H2,1-2H3. The van der Waals surface area contributed by atoms with Gasteiger partial charge in [-0.2, -0.15) is 0 Å². The van der Waals surface area contributed by atoms with Crippen molar-refractivity contribution in [1.82, 2.24) is 14.9 Å². The van der Waals surface area contributed by atoms with Crippen LogP contribution in [0.25, 0.3) is 0 Å². The summed E-state index contributed by atoms with van der Waals surface area (Å²) < 4.78 is 15.7. The highest BCUT2D eigenvalue weighted by molar-refractivity contribution is 6.30. The van der Waals surface area contributed by atoms with Crippen LogP contribution in [0.5, 0.6) is 0 Å². The number of likely N-dealkylation sites (N-methyl/N-ethyl adjacent to an activating group) is 1. The molecule has 1 aromatic heterocycles. The van der Waals surface area contributed by atoms with Gasteiger partial charge in [-0.3, -0.25) is 0 Å². The second kappa shape index (κ2) is 5.50. The number of hydrogen-bond donors (Lipinski definition) is 1. The quantitative estimate of drug-likeness (QED) is 0.923. The van der Waals surface area contributed by atoms with Gasteiger partial charge < -0.3 is 9.88 Å². The molecule has 0 radical (unpaired) electrons. The lowest BCUT2D eigenvalue weighted by Gasteiger charge is -2.14. The summed E-state index contributed by atoms with van der Waals surface area (Å²) in [6, 6.07) is 5.02. The topological polar surface area (TPSA) is 29.9 Å². The number of nitrogens with one attached hydrogen (secondary N) is 1. The number of halogens is 2. The third-order valence-electron chi connectivity index (χ3n) is 2.89. The first-order valence-electron chi connectivity index (χ1n) is 5.70. The summed E-state index contributed by atoms with van der Waals surface area (Å²) in [4.78, 5) is 4.28. The molecule has 1 unspecified atom stereocenters. The van der Waals surface area contributed by atoms with Gasteiger partial charge in [0.25, 0.3) is 0 Å². The highest BCUT2D eigenvalue weighted by Crippen LogP contribution is 2.23. The zero-order valence-corrected chi connectivity index (χ0v) is 11.1. The Bertz CT molecular complexity index is 539. The van der Waals surface area contributed by atoms with E-state index >= 15 is 0 Å². The van der Waals surface area contributed by atoms with Crippen molar-refractivity contribution in [3.05, 3.63) is 52.8 Å². The van der Waals surface area contributed by atoms with E-state index in [4.69, 9.17) is 11.6 Å². The molecule has 0 amide bonds. The molecule has 0 saturated heterocycles. The molecule has 0 aliphatic rings. The molecule has 0 fully saturated rings. The van der Waals surface area contributed by atoms with Gasteiger partial charge in [0.1, 0.15) is 5.82 Å². The summed E-state index contributed by atoms with van der Waals surface area (Å²) in [5, 5.41) is 3.30. The number of hydrogen-bond acceptors (Lipinski definition) is 2. The average molecular weight is 268 g/mol. The van der Waals surface area contributed by atoms with Crippen LogP contribution in [0.3, 0.4) is 0 Å². The maximum Gasteiger partial charge on any atom is 0.145 e. The largest absolute Gasteiger partial charge is 0.340 e. The molecule has 1 atom stereocenters. The normalized spacial score (nSPS) is 12.7. The number of rotatable bonds is 4. The Morgan fingerprint density at radius 3 is 2.89 bits per heavy atom. The monoisotopic (exact) mass is 267 g/mol. The first-order valence-corrected chi connectivity index (χ1v) is 6.07.